The predicted octanol–water partition coefficient (Wildman–Crippen LogP) is 1.19. The molecule has 0 spiro atoms. The van der Waals surface area contributed by atoms with Gasteiger partial charge >= 0.3 is 0 Å². The van der Waals surface area contributed by atoms with Crippen molar-refractivity contribution in [3.05, 3.63) is 24.3 Å². The van der Waals surface area contributed by atoms with E-state index in [0.29, 0.717) is 13.0 Å². The van der Waals surface area contributed by atoms with E-state index < -0.39 is 9.84 Å². The van der Waals surface area contributed by atoms with Gasteiger partial charge in [-0.05, 0) is 25.0 Å². The Balaban J connectivity index is 1.78. The molecule has 1 fully saturated rings. The maximum absolute atomic E-state index is 11.8. The summed E-state index contributed by atoms with van der Waals surface area (Å²) in [5.74, 6) is 0.748. The van der Waals surface area contributed by atoms with Crippen molar-refractivity contribution in [3.63, 3.8) is 0 Å². The number of sulfone groups is 1. The van der Waals surface area contributed by atoms with E-state index in [-0.39, 0.29) is 30.0 Å². The third kappa shape index (κ3) is 5.22. The van der Waals surface area contributed by atoms with Crippen LogP contribution in [0, 0.1) is 0 Å². The number of carbonyl (C=O) groups is 1. The van der Waals surface area contributed by atoms with Crippen LogP contribution in [0.25, 0.3) is 0 Å². The Kier molecular flexibility index (Phi) is 5.65. The first-order valence-electron chi connectivity index (χ1n) is 7.45. The third-order valence-electron chi connectivity index (χ3n) is 3.36. The van der Waals surface area contributed by atoms with Crippen LogP contribution < -0.4 is 15.4 Å². The number of benzene rings is 1. The van der Waals surface area contributed by atoms with Crippen LogP contribution in [0.15, 0.2) is 24.3 Å². The summed E-state index contributed by atoms with van der Waals surface area (Å²) in [6.07, 6.45) is 1.43. The van der Waals surface area contributed by atoms with Crippen LogP contribution in [0.3, 0.4) is 0 Å². The lowest BCUT2D eigenvalue weighted by Crippen LogP contribution is -2.39. The van der Waals surface area contributed by atoms with Crippen molar-refractivity contribution in [2.75, 3.05) is 30.0 Å². The predicted molar refractivity (Wildman–Crippen MR) is 85.9 cm³/mol. The third-order valence-corrected chi connectivity index (χ3v) is 5.13. The molecule has 1 aromatic rings. The molecule has 1 heterocycles. The van der Waals surface area contributed by atoms with E-state index in [4.69, 9.17) is 4.74 Å². The normalized spacial score (nSPS) is 19.6. The molecule has 0 bridgehead atoms. The van der Waals surface area contributed by atoms with Crippen molar-refractivity contribution in [2.45, 2.75) is 25.8 Å². The van der Waals surface area contributed by atoms with Crippen LogP contribution >= 0.6 is 0 Å². The highest BCUT2D eigenvalue weighted by molar-refractivity contribution is 7.91. The first kappa shape index (κ1) is 16.6. The largest absolute Gasteiger partial charge is 0.494 e. The lowest BCUT2D eigenvalue weighted by molar-refractivity contribution is -0.119. The Morgan fingerprint density at radius 2 is 2.23 bits per heavy atom. The fraction of sp³-hybridized carbons (Fsp3) is 0.533. The Hall–Kier alpha value is -1.76. The second-order valence-electron chi connectivity index (χ2n) is 5.40. The van der Waals surface area contributed by atoms with Crippen LogP contribution in [-0.2, 0) is 14.6 Å². The monoisotopic (exact) mass is 326 g/mol. The molecule has 0 radical (unpaired) electrons. The van der Waals surface area contributed by atoms with Gasteiger partial charge in [0.2, 0.25) is 5.91 Å². The molecule has 7 heteroatoms. The molecule has 0 saturated carbocycles. The van der Waals surface area contributed by atoms with Gasteiger partial charge < -0.3 is 15.4 Å². The van der Waals surface area contributed by atoms with Crippen molar-refractivity contribution in [1.82, 2.24) is 5.32 Å². The summed E-state index contributed by atoms with van der Waals surface area (Å²) in [5.41, 5.74) is 0.794. The van der Waals surface area contributed by atoms with Crippen LogP contribution in [0.4, 0.5) is 5.69 Å². The maximum atomic E-state index is 11.8. The van der Waals surface area contributed by atoms with E-state index in [2.05, 4.69) is 10.6 Å². The van der Waals surface area contributed by atoms with Gasteiger partial charge in [0.1, 0.15) is 5.75 Å². The van der Waals surface area contributed by atoms with Gasteiger partial charge in [0.05, 0.1) is 24.7 Å². The molecule has 1 aliphatic heterocycles. The summed E-state index contributed by atoms with van der Waals surface area (Å²) in [5, 5.41) is 5.76. The molecule has 2 rings (SSSR count). The Labute approximate surface area is 131 Å². The second kappa shape index (κ2) is 7.49. The molecule has 2 N–H and O–H groups in total. The highest BCUT2D eigenvalue weighted by Crippen LogP contribution is 2.17. The van der Waals surface area contributed by atoms with Crippen molar-refractivity contribution >= 4 is 21.4 Å². The van der Waals surface area contributed by atoms with E-state index in [9.17, 15) is 13.2 Å². The van der Waals surface area contributed by atoms with Crippen molar-refractivity contribution in [2.24, 2.45) is 0 Å². The zero-order chi connectivity index (χ0) is 16.0. The minimum absolute atomic E-state index is 0.0408. The van der Waals surface area contributed by atoms with Gasteiger partial charge in [-0.1, -0.05) is 13.0 Å². The summed E-state index contributed by atoms with van der Waals surface area (Å²) in [6.45, 7) is 2.80. The minimum Gasteiger partial charge on any atom is -0.494 e. The average molecular weight is 326 g/mol. The smallest absolute Gasteiger partial charge is 0.239 e. The quantitative estimate of drug-likeness (QED) is 0.786. The minimum atomic E-state index is -2.97. The number of hydrogen-bond donors (Lipinski definition) is 2. The molecule has 0 aliphatic carbocycles. The second-order valence-corrected chi connectivity index (χ2v) is 7.63. The zero-order valence-corrected chi connectivity index (χ0v) is 13.5. The van der Waals surface area contributed by atoms with Gasteiger partial charge in [-0.3, -0.25) is 4.79 Å². The number of hydrogen-bond acceptors (Lipinski definition) is 5. The number of amides is 1. The number of rotatable bonds is 7. The van der Waals surface area contributed by atoms with Gasteiger partial charge in [0.15, 0.2) is 9.84 Å². The Morgan fingerprint density at radius 3 is 2.91 bits per heavy atom. The van der Waals surface area contributed by atoms with Gasteiger partial charge in [0.25, 0.3) is 0 Å². The summed E-state index contributed by atoms with van der Waals surface area (Å²) < 4.78 is 28.2. The molecule has 0 unspecified atom stereocenters. The highest BCUT2D eigenvalue weighted by Gasteiger charge is 2.28. The lowest BCUT2D eigenvalue weighted by atomic mass is 10.2. The van der Waals surface area contributed by atoms with Crippen LogP contribution in [0.2, 0.25) is 0 Å². The number of nitrogens with one attached hydrogen (secondary N) is 2. The highest BCUT2D eigenvalue weighted by atomic mass is 32.2. The fourth-order valence-corrected chi connectivity index (χ4v) is 3.96. The fourth-order valence-electron chi connectivity index (χ4n) is 2.29. The number of ether oxygens (including phenoxy) is 1. The summed E-state index contributed by atoms with van der Waals surface area (Å²) in [6, 6.07) is 7.15. The van der Waals surface area contributed by atoms with E-state index >= 15 is 0 Å². The molecular weight excluding hydrogens is 304 g/mol. The molecule has 6 nitrogen and oxygen atoms in total. The van der Waals surface area contributed by atoms with E-state index in [1.807, 2.05) is 31.2 Å². The van der Waals surface area contributed by atoms with Crippen molar-refractivity contribution in [1.29, 1.82) is 0 Å². The molecule has 1 aromatic carbocycles. The van der Waals surface area contributed by atoms with Crippen LogP contribution in [0.5, 0.6) is 5.75 Å². The molecule has 0 aromatic heterocycles. The Bertz CT molecular complexity index is 616. The van der Waals surface area contributed by atoms with Gasteiger partial charge in [0, 0.05) is 17.8 Å². The standard InChI is InChI=1S/C15H22N2O4S/c1-2-7-21-14-5-3-4-12(9-14)16-10-15(18)17-13-6-8-22(19,20)11-13/h3-5,9,13,16H,2,6-8,10-11H2,1H3,(H,17,18)/t13-/m1/s1. The van der Waals surface area contributed by atoms with Crippen molar-refractivity contribution in [3.8, 4) is 5.75 Å². The van der Waals surface area contributed by atoms with Crippen LogP contribution in [0.1, 0.15) is 19.8 Å². The maximum Gasteiger partial charge on any atom is 0.239 e. The van der Waals surface area contributed by atoms with Crippen LogP contribution in [-0.4, -0.2) is 45.0 Å². The molecule has 1 atom stereocenters. The zero-order valence-electron chi connectivity index (χ0n) is 12.7. The molecule has 22 heavy (non-hydrogen) atoms. The first-order chi connectivity index (χ1) is 10.5. The summed E-state index contributed by atoms with van der Waals surface area (Å²) in [7, 11) is -2.97. The van der Waals surface area contributed by atoms with E-state index in [1.54, 1.807) is 0 Å². The molecular formula is C15H22N2O4S. The first-order valence-corrected chi connectivity index (χ1v) is 9.27. The van der Waals surface area contributed by atoms with E-state index in [1.165, 1.54) is 0 Å². The molecule has 1 aliphatic rings. The topological polar surface area (TPSA) is 84.5 Å². The van der Waals surface area contributed by atoms with Gasteiger partial charge in [-0.15, -0.1) is 0 Å². The average Bonchev–Trinajstić information content (AvgIpc) is 2.82. The van der Waals surface area contributed by atoms with Gasteiger partial charge in [-0.2, -0.15) is 0 Å². The summed E-state index contributed by atoms with van der Waals surface area (Å²) >= 11 is 0. The Morgan fingerprint density at radius 1 is 1.41 bits per heavy atom. The number of carbonyl (C=O) groups excluding carboxylic acids is 1. The van der Waals surface area contributed by atoms with Crippen molar-refractivity contribution < 1.29 is 17.9 Å². The lowest BCUT2D eigenvalue weighted by Gasteiger charge is -2.12. The SMILES string of the molecule is CCCOc1cccc(NCC(=O)N[C@@H]2CCS(=O)(=O)C2)c1. The molecule has 1 saturated heterocycles. The van der Waals surface area contributed by atoms with E-state index in [0.717, 1.165) is 17.9 Å². The van der Waals surface area contributed by atoms with Gasteiger partial charge in [-0.25, -0.2) is 8.42 Å². The molecule has 1 amide bonds. The summed E-state index contributed by atoms with van der Waals surface area (Å²) in [4.78, 5) is 11.8. The molecule has 122 valence electrons. The number of anilines is 1.